The van der Waals surface area contributed by atoms with E-state index in [1.807, 2.05) is 54.6 Å². The van der Waals surface area contributed by atoms with Crippen LogP contribution in [0.1, 0.15) is 16.9 Å². The molecule has 0 bridgehead atoms. The molecule has 6 rings (SSSR count). The summed E-state index contributed by atoms with van der Waals surface area (Å²) in [6, 6.07) is 35.7. The largest absolute Gasteiger partial charge is 0.483 e. The third kappa shape index (κ3) is 7.82. The molecule has 2 amide bonds. The van der Waals surface area contributed by atoms with Crippen molar-refractivity contribution >= 4 is 58.3 Å². The molecule has 46 heavy (non-hydrogen) atoms. The van der Waals surface area contributed by atoms with Gasteiger partial charge in [-0.1, -0.05) is 84.4 Å². The number of amides is 2. The lowest BCUT2D eigenvalue weighted by Crippen LogP contribution is -2.28. The Morgan fingerprint density at radius 1 is 0.891 bits per heavy atom. The first-order valence-corrected chi connectivity index (χ1v) is 15.5. The quantitative estimate of drug-likeness (QED) is 0.0939. The van der Waals surface area contributed by atoms with Crippen molar-refractivity contribution in [3.63, 3.8) is 0 Å². The Kier molecular flexibility index (Phi) is 9.72. The number of rotatable bonds is 10. The van der Waals surface area contributed by atoms with E-state index in [4.69, 9.17) is 20.8 Å². The first-order chi connectivity index (χ1) is 22.5. The Morgan fingerprint density at radius 3 is 2.39 bits per heavy atom. The van der Waals surface area contributed by atoms with E-state index in [1.165, 1.54) is 16.7 Å². The number of furan rings is 1. The third-order valence-corrected chi connectivity index (χ3v) is 8.09. The van der Waals surface area contributed by atoms with E-state index >= 15 is 0 Å². The number of carbonyl (C=O) groups is 2. The van der Waals surface area contributed by atoms with Crippen LogP contribution < -0.4 is 10.1 Å². The summed E-state index contributed by atoms with van der Waals surface area (Å²) in [7, 11) is 0. The van der Waals surface area contributed by atoms with E-state index in [-0.39, 0.29) is 25.0 Å². The second-order valence-corrected chi connectivity index (χ2v) is 11.5. The minimum absolute atomic E-state index is 0.194. The van der Waals surface area contributed by atoms with Gasteiger partial charge in [0.15, 0.2) is 11.8 Å². The molecule has 8 nitrogen and oxygen atoms in total. The van der Waals surface area contributed by atoms with Gasteiger partial charge in [0.05, 0.1) is 23.9 Å². The molecule has 1 aromatic heterocycles. The molecule has 0 aliphatic carbocycles. The van der Waals surface area contributed by atoms with Crippen molar-refractivity contribution in [1.82, 2.24) is 4.90 Å². The maximum absolute atomic E-state index is 13.6. The van der Waals surface area contributed by atoms with Gasteiger partial charge in [-0.25, -0.2) is 0 Å². The number of hydrogen-bond donors (Lipinski definition) is 1. The number of ether oxygens (including phenoxy) is 1. The van der Waals surface area contributed by atoms with Crippen LogP contribution in [0.3, 0.4) is 0 Å². The lowest BCUT2D eigenvalue weighted by molar-refractivity contribution is -0.122. The summed E-state index contributed by atoms with van der Waals surface area (Å²) >= 11 is 7.12. The maximum atomic E-state index is 13.6. The lowest BCUT2D eigenvalue weighted by Gasteiger charge is -2.12. The summed E-state index contributed by atoms with van der Waals surface area (Å²) in [6.07, 6.45) is 4.94. The third-order valence-electron chi connectivity index (χ3n) is 6.84. The number of halogens is 1. The van der Waals surface area contributed by atoms with Gasteiger partial charge in [0, 0.05) is 16.3 Å². The standard InChI is InChI=1S/C36H27ClN4O4S/c37-29-16-18-30(19-17-29)39-34(42)24-45-32-11-5-4-9-28(32)21-33-35(43)41(23-31-10-6-20-44-31)36(46-33)40-38-22-25-12-14-27(15-13-25)26-7-2-1-3-8-26/h1-22H,23-24H2,(H,39,42)/b33-21-,38-22-,40-36+. The van der Waals surface area contributed by atoms with E-state index in [1.54, 1.807) is 67.1 Å². The molecule has 1 aliphatic heterocycles. The first-order valence-electron chi connectivity index (χ1n) is 14.3. The predicted molar refractivity (Wildman–Crippen MR) is 184 cm³/mol. The molecule has 1 aliphatic rings. The predicted octanol–water partition coefficient (Wildman–Crippen LogP) is 8.12. The van der Waals surface area contributed by atoms with Crippen LogP contribution in [0.15, 0.2) is 141 Å². The molecule has 10 heteroatoms. The molecular formula is C36H27ClN4O4S. The van der Waals surface area contributed by atoms with Crippen molar-refractivity contribution in [3.8, 4) is 16.9 Å². The number of hydrogen-bond acceptors (Lipinski definition) is 7. The van der Waals surface area contributed by atoms with Crippen molar-refractivity contribution < 1.29 is 18.7 Å². The number of thioether (sulfide) groups is 1. The van der Waals surface area contributed by atoms with Crippen molar-refractivity contribution in [3.05, 3.63) is 148 Å². The fraction of sp³-hybridized carbons (Fsp3) is 0.0556. The van der Waals surface area contributed by atoms with Gasteiger partial charge in [-0.15, -0.1) is 5.10 Å². The Morgan fingerprint density at radius 2 is 1.63 bits per heavy atom. The second kappa shape index (κ2) is 14.6. The first kappa shape index (κ1) is 30.6. The van der Waals surface area contributed by atoms with Crippen molar-refractivity contribution in [2.45, 2.75) is 6.54 Å². The van der Waals surface area contributed by atoms with Crippen molar-refractivity contribution in [2.24, 2.45) is 10.2 Å². The van der Waals surface area contributed by atoms with Gasteiger partial charge in [-0.05, 0) is 77.0 Å². The number of benzene rings is 4. The van der Waals surface area contributed by atoms with Crippen molar-refractivity contribution in [2.75, 3.05) is 11.9 Å². The monoisotopic (exact) mass is 646 g/mol. The average molecular weight is 647 g/mol. The van der Waals surface area contributed by atoms with E-state index < -0.39 is 0 Å². The van der Waals surface area contributed by atoms with Gasteiger partial charge < -0.3 is 14.5 Å². The Balaban J connectivity index is 1.18. The SMILES string of the molecule is O=C(COc1ccccc1/C=C1\S/C(=N/N=C\c2ccc(-c3ccccc3)cc2)N(Cc2ccco2)C1=O)Nc1ccc(Cl)cc1. The van der Waals surface area contributed by atoms with Crippen LogP contribution >= 0.6 is 23.4 Å². The molecule has 5 aromatic rings. The summed E-state index contributed by atoms with van der Waals surface area (Å²) in [4.78, 5) is 28.1. The van der Waals surface area contributed by atoms with Crippen LogP contribution in [0.4, 0.5) is 5.69 Å². The second-order valence-electron chi connectivity index (χ2n) is 10.1. The minimum atomic E-state index is -0.331. The zero-order valence-electron chi connectivity index (χ0n) is 24.4. The summed E-state index contributed by atoms with van der Waals surface area (Å²) < 4.78 is 11.4. The summed E-state index contributed by atoms with van der Waals surface area (Å²) in [5, 5.41) is 12.5. The Bertz CT molecular complexity index is 1910. The zero-order valence-corrected chi connectivity index (χ0v) is 25.9. The normalized spacial score (nSPS) is 14.8. The number of anilines is 1. The van der Waals surface area contributed by atoms with Gasteiger partial charge in [0.1, 0.15) is 11.5 Å². The molecule has 0 radical (unpaired) electrons. The molecule has 4 aromatic carbocycles. The highest BCUT2D eigenvalue weighted by molar-refractivity contribution is 8.18. The number of nitrogens with zero attached hydrogens (tertiary/aromatic N) is 3. The fourth-order valence-corrected chi connectivity index (χ4v) is 5.62. The smallest absolute Gasteiger partial charge is 0.267 e. The molecule has 0 spiro atoms. The van der Waals surface area contributed by atoms with E-state index in [9.17, 15) is 9.59 Å². The average Bonchev–Trinajstić information content (AvgIpc) is 3.70. The number of carbonyl (C=O) groups excluding carboxylic acids is 2. The molecule has 228 valence electrons. The lowest BCUT2D eigenvalue weighted by atomic mass is 10.0. The van der Waals surface area contributed by atoms with E-state index in [2.05, 4.69) is 27.7 Å². The molecule has 0 unspecified atom stereocenters. The molecule has 0 saturated carbocycles. The molecule has 1 fully saturated rings. The molecule has 1 saturated heterocycles. The van der Waals surface area contributed by atoms with E-state index in [0.29, 0.717) is 37.9 Å². The van der Waals surface area contributed by atoms with Gasteiger partial charge in [-0.3, -0.25) is 14.5 Å². The van der Waals surface area contributed by atoms with Crippen LogP contribution in [0.2, 0.25) is 5.02 Å². The Labute approximate surface area is 275 Å². The summed E-state index contributed by atoms with van der Waals surface area (Å²) in [5.41, 5.74) is 4.36. The summed E-state index contributed by atoms with van der Waals surface area (Å²) in [5.74, 6) is 0.481. The molecular weight excluding hydrogens is 620 g/mol. The van der Waals surface area contributed by atoms with Crippen LogP contribution in [0.5, 0.6) is 5.75 Å². The van der Waals surface area contributed by atoms with Crippen molar-refractivity contribution in [1.29, 1.82) is 0 Å². The topological polar surface area (TPSA) is 96.5 Å². The highest BCUT2D eigenvalue weighted by atomic mass is 35.5. The molecule has 0 atom stereocenters. The van der Waals surface area contributed by atoms with Gasteiger partial charge in [0.2, 0.25) is 0 Å². The highest BCUT2D eigenvalue weighted by Crippen LogP contribution is 2.35. The minimum Gasteiger partial charge on any atom is -0.483 e. The van der Waals surface area contributed by atoms with Crippen LogP contribution in [-0.4, -0.2) is 34.7 Å². The number of para-hydroxylation sites is 1. The van der Waals surface area contributed by atoms with Crippen LogP contribution in [0.25, 0.3) is 17.2 Å². The van der Waals surface area contributed by atoms with Crippen LogP contribution in [0, 0.1) is 0 Å². The maximum Gasteiger partial charge on any atom is 0.267 e. The van der Waals surface area contributed by atoms with Gasteiger partial charge in [0.25, 0.3) is 11.8 Å². The van der Waals surface area contributed by atoms with Crippen LogP contribution in [-0.2, 0) is 16.1 Å². The summed E-state index contributed by atoms with van der Waals surface area (Å²) in [6.45, 7) is -0.0262. The fourth-order valence-electron chi connectivity index (χ4n) is 4.56. The highest BCUT2D eigenvalue weighted by Gasteiger charge is 2.34. The van der Waals surface area contributed by atoms with Gasteiger partial charge in [-0.2, -0.15) is 5.10 Å². The Hall–Kier alpha value is -5.38. The number of nitrogens with one attached hydrogen (secondary N) is 1. The van der Waals surface area contributed by atoms with E-state index in [0.717, 1.165) is 16.7 Å². The molecule has 1 N–H and O–H groups in total. The van der Waals surface area contributed by atoms with Gasteiger partial charge >= 0.3 is 0 Å². The zero-order chi connectivity index (χ0) is 31.7. The molecule has 2 heterocycles. The number of amidine groups is 1.